The van der Waals surface area contributed by atoms with Gasteiger partial charge in [0.05, 0.1) is 0 Å². The largest absolute Gasteiger partial charge is 0.313 e. The number of hydrogen-bond acceptors (Lipinski definition) is 2. The molecule has 1 aromatic carbocycles. The number of nitrogens with one attached hydrogen (secondary N) is 1. The van der Waals surface area contributed by atoms with Gasteiger partial charge in [-0.05, 0) is 36.2 Å². The number of hydrogen-bond donors (Lipinski definition) is 1. The molecule has 0 aliphatic carbocycles. The lowest BCUT2D eigenvalue weighted by atomic mass is 10.2. The van der Waals surface area contributed by atoms with E-state index in [1.54, 1.807) is 0 Å². The summed E-state index contributed by atoms with van der Waals surface area (Å²) in [6.45, 7) is 11.0. The minimum Gasteiger partial charge on any atom is -0.313 e. The van der Waals surface area contributed by atoms with E-state index in [9.17, 15) is 0 Å². The second-order valence-corrected chi connectivity index (χ2v) is 6.93. The first-order valence-electron chi connectivity index (χ1n) is 6.20. The van der Waals surface area contributed by atoms with Crippen LogP contribution < -0.4 is 5.32 Å². The Morgan fingerprint density at radius 3 is 2.59 bits per heavy atom. The van der Waals surface area contributed by atoms with Crippen molar-refractivity contribution in [1.82, 2.24) is 5.32 Å². The van der Waals surface area contributed by atoms with Crippen molar-refractivity contribution in [3.8, 4) is 0 Å². The highest BCUT2D eigenvalue weighted by Crippen LogP contribution is 2.32. The Morgan fingerprint density at radius 1 is 1.29 bits per heavy atom. The molecule has 0 aliphatic rings. The van der Waals surface area contributed by atoms with E-state index in [1.807, 2.05) is 11.8 Å². The van der Waals surface area contributed by atoms with Gasteiger partial charge in [0.15, 0.2) is 0 Å². The van der Waals surface area contributed by atoms with Gasteiger partial charge in [0, 0.05) is 21.2 Å². The van der Waals surface area contributed by atoms with Crippen LogP contribution in [0.25, 0.3) is 0 Å². The van der Waals surface area contributed by atoms with Crippen LogP contribution in [0.4, 0.5) is 0 Å². The van der Waals surface area contributed by atoms with Crippen molar-refractivity contribution in [3.63, 3.8) is 0 Å². The zero-order valence-electron chi connectivity index (χ0n) is 11.1. The van der Waals surface area contributed by atoms with Gasteiger partial charge in [0.2, 0.25) is 0 Å². The van der Waals surface area contributed by atoms with E-state index in [0.29, 0.717) is 11.2 Å². The molecule has 1 rings (SSSR count). The van der Waals surface area contributed by atoms with Crippen LogP contribution in [0.2, 0.25) is 0 Å². The van der Waals surface area contributed by atoms with Crippen molar-refractivity contribution < 1.29 is 0 Å². The molecule has 0 fully saturated rings. The molecular formula is C14H22BrNS. The molecule has 0 aromatic heterocycles. The molecule has 0 saturated carbocycles. The van der Waals surface area contributed by atoms with Crippen LogP contribution in [0.5, 0.6) is 0 Å². The van der Waals surface area contributed by atoms with Crippen LogP contribution in [-0.2, 0) is 6.54 Å². The zero-order valence-corrected chi connectivity index (χ0v) is 13.5. The summed E-state index contributed by atoms with van der Waals surface area (Å²) in [5, 5.41) is 4.05. The molecule has 0 bridgehead atoms. The third-order valence-electron chi connectivity index (χ3n) is 2.84. The molecule has 96 valence electrons. The molecule has 1 aromatic rings. The standard InChI is InChI=1S/C14H22BrNS/c1-5-16-9-12-8-13(15)6-7-14(12)17-11(4)10(2)3/h6-8,10-11,16H,5,9H2,1-4H3. The Kier molecular flexibility index (Phi) is 6.60. The van der Waals surface area contributed by atoms with Gasteiger partial charge in [-0.2, -0.15) is 0 Å². The average molecular weight is 316 g/mol. The summed E-state index contributed by atoms with van der Waals surface area (Å²) in [5.74, 6) is 0.704. The van der Waals surface area contributed by atoms with E-state index in [4.69, 9.17) is 0 Å². The Balaban J connectivity index is 2.82. The van der Waals surface area contributed by atoms with Crippen molar-refractivity contribution >= 4 is 27.7 Å². The van der Waals surface area contributed by atoms with Gasteiger partial charge < -0.3 is 5.32 Å². The molecule has 0 saturated heterocycles. The second kappa shape index (κ2) is 7.45. The molecule has 1 atom stereocenters. The fourth-order valence-corrected chi connectivity index (χ4v) is 2.91. The maximum absolute atomic E-state index is 3.55. The highest BCUT2D eigenvalue weighted by atomic mass is 79.9. The average Bonchev–Trinajstić information content (AvgIpc) is 2.29. The summed E-state index contributed by atoms with van der Waals surface area (Å²) < 4.78 is 1.16. The highest BCUT2D eigenvalue weighted by Gasteiger charge is 2.11. The van der Waals surface area contributed by atoms with Crippen molar-refractivity contribution in [2.45, 2.75) is 44.4 Å². The van der Waals surface area contributed by atoms with Crippen LogP contribution >= 0.6 is 27.7 Å². The summed E-state index contributed by atoms with van der Waals surface area (Å²) in [7, 11) is 0. The summed E-state index contributed by atoms with van der Waals surface area (Å²) in [5.41, 5.74) is 1.39. The molecule has 0 spiro atoms. The second-order valence-electron chi connectivity index (χ2n) is 4.60. The third-order valence-corrected chi connectivity index (χ3v) is 4.90. The minimum absolute atomic E-state index is 0.650. The van der Waals surface area contributed by atoms with E-state index in [0.717, 1.165) is 17.6 Å². The lowest BCUT2D eigenvalue weighted by Crippen LogP contribution is -2.13. The molecule has 1 N–H and O–H groups in total. The molecule has 1 unspecified atom stereocenters. The van der Waals surface area contributed by atoms with Crippen molar-refractivity contribution in [2.75, 3.05) is 6.54 Å². The number of halogens is 1. The third kappa shape index (κ3) is 5.02. The van der Waals surface area contributed by atoms with Crippen LogP contribution in [0, 0.1) is 5.92 Å². The van der Waals surface area contributed by atoms with E-state index in [-0.39, 0.29) is 0 Å². The summed E-state index contributed by atoms with van der Waals surface area (Å²) in [6, 6.07) is 6.57. The van der Waals surface area contributed by atoms with Gasteiger partial charge in [-0.3, -0.25) is 0 Å². The topological polar surface area (TPSA) is 12.0 Å². The fourth-order valence-electron chi connectivity index (χ4n) is 1.40. The molecule has 17 heavy (non-hydrogen) atoms. The first-order chi connectivity index (χ1) is 8.04. The molecule has 0 aliphatic heterocycles. The van der Waals surface area contributed by atoms with Crippen LogP contribution in [0.1, 0.15) is 33.3 Å². The quantitative estimate of drug-likeness (QED) is 0.764. The van der Waals surface area contributed by atoms with Crippen LogP contribution in [-0.4, -0.2) is 11.8 Å². The summed E-state index contributed by atoms with van der Waals surface area (Å²) >= 11 is 5.52. The van der Waals surface area contributed by atoms with Crippen molar-refractivity contribution in [2.24, 2.45) is 5.92 Å². The molecule has 0 radical (unpaired) electrons. The Labute approximate surface area is 118 Å². The van der Waals surface area contributed by atoms with E-state index >= 15 is 0 Å². The normalized spacial score (nSPS) is 13.1. The molecule has 1 nitrogen and oxygen atoms in total. The first kappa shape index (κ1) is 15.1. The minimum atomic E-state index is 0.650. The Bertz CT molecular complexity index is 352. The summed E-state index contributed by atoms with van der Waals surface area (Å²) in [4.78, 5) is 1.40. The van der Waals surface area contributed by atoms with Gasteiger partial charge in [0.1, 0.15) is 0 Å². The molecular weight excluding hydrogens is 294 g/mol. The van der Waals surface area contributed by atoms with Crippen molar-refractivity contribution in [3.05, 3.63) is 28.2 Å². The van der Waals surface area contributed by atoms with Gasteiger partial charge in [0.25, 0.3) is 0 Å². The number of rotatable bonds is 6. The van der Waals surface area contributed by atoms with Crippen LogP contribution in [0.3, 0.4) is 0 Å². The number of benzene rings is 1. The Morgan fingerprint density at radius 2 is 2.00 bits per heavy atom. The van der Waals surface area contributed by atoms with Gasteiger partial charge in [-0.1, -0.05) is 43.6 Å². The molecule has 3 heteroatoms. The van der Waals surface area contributed by atoms with E-state index < -0.39 is 0 Å². The van der Waals surface area contributed by atoms with Crippen molar-refractivity contribution in [1.29, 1.82) is 0 Å². The zero-order chi connectivity index (χ0) is 12.8. The van der Waals surface area contributed by atoms with Crippen LogP contribution in [0.15, 0.2) is 27.6 Å². The maximum Gasteiger partial charge on any atom is 0.0216 e. The monoisotopic (exact) mass is 315 g/mol. The fraction of sp³-hybridized carbons (Fsp3) is 0.571. The smallest absolute Gasteiger partial charge is 0.0216 e. The molecule has 0 amide bonds. The van der Waals surface area contributed by atoms with Gasteiger partial charge >= 0.3 is 0 Å². The summed E-state index contributed by atoms with van der Waals surface area (Å²) in [6.07, 6.45) is 0. The first-order valence-corrected chi connectivity index (χ1v) is 7.87. The predicted octanol–water partition coefficient (Wildman–Crippen LogP) is 4.70. The SMILES string of the molecule is CCNCc1cc(Br)ccc1SC(C)C(C)C. The van der Waals surface area contributed by atoms with Gasteiger partial charge in [-0.15, -0.1) is 11.8 Å². The highest BCUT2D eigenvalue weighted by molar-refractivity contribution is 9.10. The number of thioether (sulfide) groups is 1. The lowest BCUT2D eigenvalue weighted by Gasteiger charge is -2.17. The predicted molar refractivity (Wildman–Crippen MR) is 81.7 cm³/mol. The maximum atomic E-state index is 3.55. The molecule has 0 heterocycles. The van der Waals surface area contributed by atoms with Gasteiger partial charge in [-0.25, -0.2) is 0 Å². The Hall–Kier alpha value is 0.01000. The van der Waals surface area contributed by atoms with E-state index in [1.165, 1.54) is 10.5 Å². The lowest BCUT2D eigenvalue weighted by molar-refractivity contribution is 0.641. The van der Waals surface area contributed by atoms with E-state index in [2.05, 4.69) is 67.1 Å².